The van der Waals surface area contributed by atoms with E-state index in [2.05, 4.69) is 45.1 Å². The summed E-state index contributed by atoms with van der Waals surface area (Å²) < 4.78 is 13.1. The van der Waals surface area contributed by atoms with E-state index in [1.807, 2.05) is 18.2 Å². The molecule has 0 aliphatic rings. The van der Waals surface area contributed by atoms with Gasteiger partial charge in [-0.15, -0.1) is 0 Å². The van der Waals surface area contributed by atoms with Gasteiger partial charge in [-0.3, -0.25) is 0 Å². The molecule has 1 N–H and O–H groups in total. The summed E-state index contributed by atoms with van der Waals surface area (Å²) in [4.78, 5) is 0. The molecule has 0 spiro atoms. The minimum Gasteiger partial charge on any atom is -0.508 e. The van der Waals surface area contributed by atoms with Gasteiger partial charge in [-0.1, -0.05) is 67.1 Å². The molecule has 2 aromatic carbocycles. The van der Waals surface area contributed by atoms with E-state index in [1.165, 1.54) is 17.7 Å². The monoisotopic (exact) mass is 350 g/mol. The average molecular weight is 350 g/mol. The Labute approximate surface area is 156 Å². The number of allylic oxidation sites excluding steroid dienone is 4. The molecule has 2 rings (SSSR count). The van der Waals surface area contributed by atoms with E-state index in [-0.39, 0.29) is 17.0 Å². The minimum atomic E-state index is -0.222. The van der Waals surface area contributed by atoms with E-state index >= 15 is 0 Å². The van der Waals surface area contributed by atoms with Crippen molar-refractivity contribution < 1.29 is 9.50 Å². The molecule has 0 radical (unpaired) electrons. The molecule has 0 amide bonds. The van der Waals surface area contributed by atoms with Crippen molar-refractivity contribution in [2.45, 2.75) is 33.6 Å². The molecular weight excluding hydrogens is 323 g/mol. The molecule has 0 aliphatic heterocycles. The maximum absolute atomic E-state index is 13.1. The fourth-order valence-electron chi connectivity index (χ4n) is 2.63. The first-order chi connectivity index (χ1) is 12.4. The Kier molecular flexibility index (Phi) is 6.97. The van der Waals surface area contributed by atoms with E-state index in [9.17, 15) is 9.50 Å². The lowest BCUT2D eigenvalue weighted by Crippen LogP contribution is -2.09. The van der Waals surface area contributed by atoms with Crippen molar-refractivity contribution in [1.29, 1.82) is 0 Å². The SMILES string of the molecule is CC(C)=CCC[C@](C)(/C=C/c1ccc(O)cc1)/C=C/c1ccc(F)cc1. The molecule has 2 heteroatoms. The van der Waals surface area contributed by atoms with Crippen molar-refractivity contribution in [3.05, 3.63) is 89.3 Å². The van der Waals surface area contributed by atoms with Crippen LogP contribution < -0.4 is 0 Å². The number of benzene rings is 2. The Morgan fingerprint density at radius 3 is 1.92 bits per heavy atom. The van der Waals surface area contributed by atoms with Crippen LogP contribution in [0.25, 0.3) is 12.2 Å². The van der Waals surface area contributed by atoms with Crippen molar-refractivity contribution in [2.75, 3.05) is 0 Å². The molecule has 1 nitrogen and oxygen atoms in total. The standard InChI is InChI=1S/C24H27FO/c1-19(2)5-4-16-24(3,17-14-20-6-10-22(25)11-7-20)18-15-21-8-12-23(26)13-9-21/h5-15,17-18,26H,4,16H2,1-3H3/b17-14+,18-15+/t24-/m0/s1. The molecular formula is C24H27FO. The lowest BCUT2D eigenvalue weighted by molar-refractivity contribution is 0.475. The minimum absolute atomic E-state index is 0.127. The topological polar surface area (TPSA) is 20.2 Å². The summed E-state index contributed by atoms with van der Waals surface area (Å²) in [5, 5.41) is 9.41. The van der Waals surface area contributed by atoms with E-state index in [4.69, 9.17) is 0 Å². The summed E-state index contributed by atoms with van der Waals surface area (Å²) in [5.41, 5.74) is 3.22. The Morgan fingerprint density at radius 1 is 0.923 bits per heavy atom. The van der Waals surface area contributed by atoms with Crippen LogP contribution in [-0.4, -0.2) is 5.11 Å². The molecule has 0 aromatic heterocycles. The quantitative estimate of drug-likeness (QED) is 0.532. The van der Waals surface area contributed by atoms with Crippen LogP contribution in [0.15, 0.2) is 72.3 Å². The zero-order valence-electron chi connectivity index (χ0n) is 15.7. The Morgan fingerprint density at radius 2 is 1.42 bits per heavy atom. The number of hydrogen-bond donors (Lipinski definition) is 1. The summed E-state index contributed by atoms with van der Waals surface area (Å²) in [6.45, 7) is 6.42. The Bertz CT molecular complexity index is 720. The molecule has 2 aromatic rings. The smallest absolute Gasteiger partial charge is 0.123 e. The predicted octanol–water partition coefficient (Wildman–Crippen LogP) is 7.01. The number of aromatic hydroxyl groups is 1. The maximum Gasteiger partial charge on any atom is 0.123 e. The number of phenols is 1. The molecule has 26 heavy (non-hydrogen) atoms. The van der Waals surface area contributed by atoms with Gasteiger partial charge in [0.2, 0.25) is 0 Å². The second-order valence-electron chi connectivity index (χ2n) is 7.14. The Balaban J connectivity index is 2.20. The lowest BCUT2D eigenvalue weighted by Gasteiger charge is -2.21. The fraction of sp³-hybridized carbons (Fsp3) is 0.250. The van der Waals surface area contributed by atoms with Crippen LogP contribution in [-0.2, 0) is 0 Å². The molecule has 1 atom stereocenters. The maximum atomic E-state index is 13.1. The summed E-state index contributed by atoms with van der Waals surface area (Å²) in [6.07, 6.45) is 12.7. The predicted molar refractivity (Wildman–Crippen MR) is 109 cm³/mol. The van der Waals surface area contributed by atoms with Crippen molar-refractivity contribution in [3.8, 4) is 5.75 Å². The normalized spacial score (nSPS) is 13.8. The highest BCUT2D eigenvalue weighted by molar-refractivity contribution is 5.55. The summed E-state index contributed by atoms with van der Waals surface area (Å²) in [6, 6.07) is 13.7. The van der Waals surface area contributed by atoms with Crippen molar-refractivity contribution in [2.24, 2.45) is 5.41 Å². The van der Waals surface area contributed by atoms with Crippen LogP contribution in [0.3, 0.4) is 0 Å². The van der Waals surface area contributed by atoms with Crippen LogP contribution >= 0.6 is 0 Å². The number of rotatable bonds is 7. The van der Waals surface area contributed by atoms with Gasteiger partial charge in [-0.2, -0.15) is 0 Å². The molecule has 0 saturated carbocycles. The third-order valence-corrected chi connectivity index (χ3v) is 4.31. The third-order valence-electron chi connectivity index (χ3n) is 4.31. The van der Waals surface area contributed by atoms with Crippen molar-refractivity contribution in [3.63, 3.8) is 0 Å². The number of hydrogen-bond acceptors (Lipinski definition) is 1. The third kappa shape index (κ3) is 6.72. The second kappa shape index (κ2) is 9.19. The van der Waals surface area contributed by atoms with E-state index in [0.29, 0.717) is 0 Å². The summed E-state index contributed by atoms with van der Waals surface area (Å²) >= 11 is 0. The van der Waals surface area contributed by atoms with Crippen LogP contribution in [0.1, 0.15) is 44.7 Å². The Hall–Kier alpha value is -2.61. The highest BCUT2D eigenvalue weighted by Crippen LogP contribution is 2.30. The first kappa shape index (κ1) is 19.7. The molecule has 0 aliphatic carbocycles. The van der Waals surface area contributed by atoms with Gasteiger partial charge in [0.1, 0.15) is 11.6 Å². The van der Waals surface area contributed by atoms with Crippen molar-refractivity contribution in [1.82, 2.24) is 0 Å². The van der Waals surface area contributed by atoms with Crippen molar-refractivity contribution >= 4 is 12.2 Å². The highest BCUT2D eigenvalue weighted by atomic mass is 19.1. The lowest BCUT2D eigenvalue weighted by atomic mass is 9.83. The van der Waals surface area contributed by atoms with Gasteiger partial charge >= 0.3 is 0 Å². The molecule has 0 bridgehead atoms. The summed E-state index contributed by atoms with van der Waals surface area (Å²) in [5.74, 6) is 0.0466. The highest BCUT2D eigenvalue weighted by Gasteiger charge is 2.16. The van der Waals surface area contributed by atoms with Crippen LogP contribution in [0.4, 0.5) is 4.39 Å². The van der Waals surface area contributed by atoms with Gasteiger partial charge in [0, 0.05) is 5.41 Å². The number of halogens is 1. The molecule has 0 unspecified atom stereocenters. The van der Waals surface area contributed by atoms with Crippen LogP contribution in [0.2, 0.25) is 0 Å². The first-order valence-corrected chi connectivity index (χ1v) is 8.93. The van der Waals surface area contributed by atoms with Gasteiger partial charge in [0.25, 0.3) is 0 Å². The van der Waals surface area contributed by atoms with Crippen LogP contribution in [0, 0.1) is 11.2 Å². The van der Waals surface area contributed by atoms with E-state index < -0.39 is 0 Å². The van der Waals surface area contributed by atoms with Gasteiger partial charge in [-0.25, -0.2) is 4.39 Å². The fourth-order valence-corrected chi connectivity index (χ4v) is 2.63. The van der Waals surface area contributed by atoms with Gasteiger partial charge in [0.15, 0.2) is 0 Å². The zero-order valence-corrected chi connectivity index (χ0v) is 15.7. The van der Waals surface area contributed by atoms with Crippen LogP contribution in [0.5, 0.6) is 5.75 Å². The van der Waals surface area contributed by atoms with Gasteiger partial charge < -0.3 is 5.11 Å². The van der Waals surface area contributed by atoms with E-state index in [0.717, 1.165) is 24.0 Å². The largest absolute Gasteiger partial charge is 0.508 e. The first-order valence-electron chi connectivity index (χ1n) is 8.93. The average Bonchev–Trinajstić information content (AvgIpc) is 2.61. The molecule has 136 valence electrons. The second-order valence-corrected chi connectivity index (χ2v) is 7.14. The van der Waals surface area contributed by atoms with Gasteiger partial charge in [-0.05, 0) is 62.1 Å². The van der Waals surface area contributed by atoms with Gasteiger partial charge in [0.05, 0.1) is 0 Å². The molecule has 0 heterocycles. The zero-order chi connectivity index (χ0) is 19.0. The molecule has 0 fully saturated rings. The summed E-state index contributed by atoms with van der Waals surface area (Å²) in [7, 11) is 0. The number of phenolic OH excluding ortho intramolecular Hbond substituents is 1. The van der Waals surface area contributed by atoms with E-state index in [1.54, 1.807) is 24.3 Å². The molecule has 0 saturated heterocycles.